The van der Waals surface area contributed by atoms with Gasteiger partial charge in [0.15, 0.2) is 11.2 Å². The fourth-order valence-corrected chi connectivity index (χ4v) is 5.60. The number of fused-ring (bicyclic) bond motifs is 4. The Morgan fingerprint density at radius 1 is 0.909 bits per heavy atom. The van der Waals surface area contributed by atoms with E-state index >= 15 is 0 Å². The molecule has 1 saturated heterocycles. The summed E-state index contributed by atoms with van der Waals surface area (Å²) in [5.41, 5.74) is 0.700. The lowest BCUT2D eigenvalue weighted by atomic mass is 9.66. The number of nitrogens with zero attached hydrogens (tertiary/aromatic N) is 3. The van der Waals surface area contributed by atoms with Crippen LogP contribution in [0.25, 0.3) is 16.8 Å². The molecule has 0 spiro atoms. The molecule has 0 N–H and O–H groups in total. The van der Waals surface area contributed by atoms with Gasteiger partial charge in [0.25, 0.3) is 0 Å². The summed E-state index contributed by atoms with van der Waals surface area (Å²) >= 11 is 0. The summed E-state index contributed by atoms with van der Waals surface area (Å²) in [6.07, 6.45) is 3.90. The van der Waals surface area contributed by atoms with E-state index in [2.05, 4.69) is 12.1 Å². The van der Waals surface area contributed by atoms with E-state index < -0.39 is 28.8 Å². The Bertz CT molecular complexity index is 1360. The predicted octanol–water partition coefficient (Wildman–Crippen LogP) is 5.98. The minimum atomic E-state index is -1.43. The lowest BCUT2D eigenvalue weighted by molar-refractivity contribution is -0.130. The van der Waals surface area contributed by atoms with Gasteiger partial charge in [-0.15, -0.1) is 0 Å². The van der Waals surface area contributed by atoms with Crippen LogP contribution in [0.4, 0.5) is 0 Å². The topological polar surface area (TPSA) is 67.9 Å². The molecule has 33 heavy (non-hydrogen) atoms. The quantitative estimate of drug-likeness (QED) is 0.500. The summed E-state index contributed by atoms with van der Waals surface area (Å²) in [7, 11) is 0. The van der Waals surface area contributed by atoms with Crippen molar-refractivity contribution in [2.24, 2.45) is 10.8 Å². The molecule has 0 radical (unpaired) electrons. The highest BCUT2D eigenvalue weighted by Crippen LogP contribution is 2.61. The number of Topliss-reactive ketones (excluding diaryl/α,β-unsaturated/α-hetero) is 1. The average Bonchev–Trinajstić information content (AvgIpc) is 3.13. The molecule has 3 atom stereocenters. The molecule has 0 saturated carbocycles. The predicted molar refractivity (Wildman–Crippen MR) is 129 cm³/mol. The summed E-state index contributed by atoms with van der Waals surface area (Å²) < 4.78 is 0. The van der Waals surface area contributed by atoms with Crippen LogP contribution in [-0.2, 0) is 4.79 Å². The highest BCUT2D eigenvalue weighted by Gasteiger charge is 2.64. The molecule has 2 heterocycles. The molecule has 162 valence electrons. The van der Waals surface area contributed by atoms with E-state index in [9.17, 15) is 15.3 Å². The molecule has 2 aliphatic heterocycles. The molecule has 0 bridgehead atoms. The van der Waals surface area contributed by atoms with E-state index in [-0.39, 0.29) is 5.78 Å². The minimum Gasteiger partial charge on any atom is -0.357 e. The molecular formula is C29H25N3O. The zero-order valence-corrected chi connectivity index (χ0v) is 19.0. The van der Waals surface area contributed by atoms with Crippen molar-refractivity contribution in [3.05, 3.63) is 89.6 Å². The molecule has 4 heteroatoms. The third-order valence-electron chi connectivity index (χ3n) is 7.11. The molecule has 3 aromatic rings. The number of carbonyl (C=O) groups is 1. The second-order valence-electron chi connectivity index (χ2n) is 9.99. The van der Waals surface area contributed by atoms with Crippen LogP contribution in [0.15, 0.2) is 72.9 Å². The van der Waals surface area contributed by atoms with Crippen LogP contribution in [-0.4, -0.2) is 16.7 Å². The van der Waals surface area contributed by atoms with Crippen LogP contribution < -0.4 is 0 Å². The van der Waals surface area contributed by atoms with Gasteiger partial charge in [-0.3, -0.25) is 4.79 Å². The second kappa shape index (κ2) is 7.32. The van der Waals surface area contributed by atoms with Gasteiger partial charge in [-0.25, -0.2) is 0 Å². The van der Waals surface area contributed by atoms with E-state index in [1.54, 1.807) is 0 Å². The first-order valence-corrected chi connectivity index (χ1v) is 11.2. The SMILES string of the molecule is CC(C)(C)C(=O)[C@@H]1[C@@H](c2cccc3ccccc23)C(C#N)(C#N)[C@@H]2c3ccccc3C=CN12. The molecule has 0 aliphatic carbocycles. The monoisotopic (exact) mass is 431 g/mol. The van der Waals surface area contributed by atoms with Crippen molar-refractivity contribution in [2.75, 3.05) is 0 Å². The molecular weight excluding hydrogens is 406 g/mol. The maximum Gasteiger partial charge on any atom is 0.177 e. The molecule has 0 aromatic heterocycles. The van der Waals surface area contributed by atoms with Gasteiger partial charge < -0.3 is 4.90 Å². The lowest BCUT2D eigenvalue weighted by Gasteiger charge is -2.36. The number of hydrogen-bond acceptors (Lipinski definition) is 4. The van der Waals surface area contributed by atoms with Gasteiger partial charge in [0.05, 0.1) is 24.2 Å². The van der Waals surface area contributed by atoms with Crippen molar-refractivity contribution in [2.45, 2.75) is 38.8 Å². The van der Waals surface area contributed by atoms with Crippen molar-refractivity contribution in [1.82, 2.24) is 4.90 Å². The third kappa shape index (κ3) is 2.91. The van der Waals surface area contributed by atoms with Gasteiger partial charge in [-0.2, -0.15) is 10.5 Å². The van der Waals surface area contributed by atoms with E-state index in [0.717, 1.165) is 27.5 Å². The van der Waals surface area contributed by atoms with Gasteiger partial charge in [0, 0.05) is 17.5 Å². The Morgan fingerprint density at radius 2 is 1.55 bits per heavy atom. The van der Waals surface area contributed by atoms with Crippen LogP contribution in [0.3, 0.4) is 0 Å². The molecule has 5 rings (SSSR count). The zero-order valence-electron chi connectivity index (χ0n) is 19.0. The van der Waals surface area contributed by atoms with Crippen LogP contribution in [0, 0.1) is 33.5 Å². The molecule has 4 nitrogen and oxygen atoms in total. The summed E-state index contributed by atoms with van der Waals surface area (Å²) in [5, 5.41) is 23.3. The second-order valence-corrected chi connectivity index (χ2v) is 9.99. The minimum absolute atomic E-state index is 0.0295. The van der Waals surface area contributed by atoms with Crippen molar-refractivity contribution in [3.63, 3.8) is 0 Å². The number of carbonyl (C=O) groups excluding carboxylic acids is 1. The Balaban J connectivity index is 1.86. The Hall–Kier alpha value is -3.89. The lowest BCUT2D eigenvalue weighted by Crippen LogP contribution is -2.43. The molecule has 0 amide bonds. The number of nitriles is 2. The first-order chi connectivity index (χ1) is 15.8. The van der Waals surface area contributed by atoms with Crippen molar-refractivity contribution in [3.8, 4) is 12.1 Å². The fraction of sp³-hybridized carbons (Fsp3) is 0.276. The number of ketones is 1. The van der Waals surface area contributed by atoms with Crippen LogP contribution in [0.1, 0.15) is 49.4 Å². The zero-order chi connectivity index (χ0) is 23.4. The van der Waals surface area contributed by atoms with Crippen LogP contribution in [0.5, 0.6) is 0 Å². The number of rotatable bonds is 2. The maximum absolute atomic E-state index is 14.0. The summed E-state index contributed by atoms with van der Waals surface area (Å²) in [5.74, 6) is -0.576. The van der Waals surface area contributed by atoms with Crippen molar-refractivity contribution < 1.29 is 4.79 Å². The smallest absolute Gasteiger partial charge is 0.177 e. The summed E-state index contributed by atoms with van der Waals surface area (Å²) in [4.78, 5) is 16.0. The van der Waals surface area contributed by atoms with Gasteiger partial charge in [0.1, 0.15) is 0 Å². The normalized spacial score (nSPS) is 22.8. The largest absolute Gasteiger partial charge is 0.357 e. The fourth-order valence-electron chi connectivity index (χ4n) is 5.60. The first-order valence-electron chi connectivity index (χ1n) is 11.2. The van der Waals surface area contributed by atoms with Gasteiger partial charge in [-0.1, -0.05) is 87.5 Å². The highest BCUT2D eigenvalue weighted by atomic mass is 16.1. The Kier molecular flexibility index (Phi) is 4.66. The Labute approximate surface area is 194 Å². The standard InChI is InChI=1S/C29H25N3O/c1-28(2,3)27(33)25-24(23-14-8-11-19-9-4-6-12-21(19)23)29(17-30,18-31)26-22-13-7-5-10-20(22)15-16-32(25)26/h4-16,24-26H,1-3H3/t24-,25+,26+/m1/s1. The third-order valence-corrected chi connectivity index (χ3v) is 7.11. The van der Waals surface area contributed by atoms with E-state index in [4.69, 9.17) is 0 Å². The van der Waals surface area contributed by atoms with Crippen molar-refractivity contribution >= 4 is 22.6 Å². The van der Waals surface area contributed by atoms with Crippen molar-refractivity contribution in [1.29, 1.82) is 10.5 Å². The average molecular weight is 432 g/mol. The van der Waals surface area contributed by atoms with Gasteiger partial charge in [-0.05, 0) is 33.5 Å². The maximum atomic E-state index is 14.0. The molecule has 3 aromatic carbocycles. The van der Waals surface area contributed by atoms with E-state index in [0.29, 0.717) is 0 Å². The van der Waals surface area contributed by atoms with Gasteiger partial charge in [0.2, 0.25) is 0 Å². The van der Waals surface area contributed by atoms with Crippen LogP contribution >= 0.6 is 0 Å². The van der Waals surface area contributed by atoms with Crippen LogP contribution in [0.2, 0.25) is 0 Å². The molecule has 1 fully saturated rings. The summed E-state index contributed by atoms with van der Waals surface area (Å²) in [6.45, 7) is 5.72. The highest BCUT2D eigenvalue weighted by molar-refractivity contribution is 5.93. The molecule has 0 unspecified atom stereocenters. The first kappa shape index (κ1) is 21.0. The molecule has 2 aliphatic rings. The van der Waals surface area contributed by atoms with E-state index in [1.807, 2.05) is 105 Å². The van der Waals surface area contributed by atoms with E-state index in [1.165, 1.54) is 0 Å². The Morgan fingerprint density at radius 3 is 2.27 bits per heavy atom. The summed E-state index contributed by atoms with van der Waals surface area (Å²) in [6, 6.07) is 25.5. The number of hydrogen-bond donors (Lipinski definition) is 0. The van der Waals surface area contributed by atoms with Gasteiger partial charge >= 0.3 is 0 Å². The number of benzene rings is 3.